The van der Waals surface area contributed by atoms with Crippen LogP contribution in [0.3, 0.4) is 0 Å². The molecule has 1 saturated heterocycles. The average Bonchev–Trinajstić information content (AvgIpc) is 0.987. The summed E-state index contributed by atoms with van der Waals surface area (Å²) in [5.41, 5.74) is 0.0170. The van der Waals surface area contributed by atoms with Crippen molar-refractivity contribution in [3.8, 4) is 12.1 Å². The van der Waals surface area contributed by atoms with Gasteiger partial charge in [0.1, 0.15) is 28.9 Å². The molecule has 0 amide bonds. The maximum absolute atomic E-state index is 14.6. The van der Waals surface area contributed by atoms with E-state index in [2.05, 4.69) is 159 Å². The minimum Gasteiger partial charge on any atom is -0.523 e. The van der Waals surface area contributed by atoms with Crippen molar-refractivity contribution in [2.75, 3.05) is 6.61 Å². The van der Waals surface area contributed by atoms with E-state index in [0.717, 1.165) is 115 Å². The molecule has 14 nitrogen and oxygen atoms in total. The Morgan fingerprint density at radius 3 is 1.36 bits per heavy atom. The van der Waals surface area contributed by atoms with Gasteiger partial charge in [-0.3, -0.25) is 14.4 Å². The van der Waals surface area contributed by atoms with Crippen LogP contribution in [0.15, 0.2) is 33.9 Å². The summed E-state index contributed by atoms with van der Waals surface area (Å²) >= 11 is 0. The molecule has 15 aliphatic carbocycles. The van der Waals surface area contributed by atoms with E-state index in [1.165, 1.54) is 50.5 Å². The topological polar surface area (TPSA) is 224 Å². The van der Waals surface area contributed by atoms with E-state index in [0.29, 0.717) is 71.6 Å². The number of epoxide rings is 1. The minimum absolute atomic E-state index is 0.0423. The van der Waals surface area contributed by atoms with Crippen molar-refractivity contribution in [1.29, 1.82) is 10.5 Å². The number of fused-ring (bicyclic) bond motifs is 22. The van der Waals surface area contributed by atoms with E-state index in [-0.39, 0.29) is 159 Å². The summed E-state index contributed by atoms with van der Waals surface area (Å²) < 4.78 is 11.9. The summed E-state index contributed by atoms with van der Waals surface area (Å²) in [6.07, 6.45) is 28.2. The van der Waals surface area contributed by atoms with Crippen molar-refractivity contribution in [3.05, 3.63) is 63.6 Å². The van der Waals surface area contributed by atoms with Gasteiger partial charge in [0.2, 0.25) is 11.4 Å². The number of Topliss-reactive ketones (excluding diaryl/α,β-unsaturated/α-hetero) is 4. The van der Waals surface area contributed by atoms with Gasteiger partial charge in [0.05, 0.1) is 69.2 Å². The molecule has 112 heavy (non-hydrogen) atoms. The smallest absolute Gasteiger partial charge is 0.226 e. The molecule has 27 atom stereocenters. The molecule has 17 rings (SSSR count). The summed E-state index contributed by atoms with van der Waals surface area (Å²) in [5, 5.41) is 57.2. The predicted octanol–water partition coefficient (Wildman–Crippen LogP) is 21.7. The molecule has 612 valence electrons. The number of nitrogens with zero attached hydrogens (tertiary/aromatic N) is 5. The molecule has 2 heterocycles. The summed E-state index contributed by atoms with van der Waals surface area (Å²) in [6.45, 7) is 65.3. The highest BCUT2D eigenvalue weighted by Gasteiger charge is 2.78. The van der Waals surface area contributed by atoms with Gasteiger partial charge in [0.25, 0.3) is 0 Å². The first-order valence-corrected chi connectivity index (χ1v) is 44.6. The zero-order valence-corrected chi connectivity index (χ0v) is 72.8. The second-order valence-corrected chi connectivity index (χ2v) is 48.0. The first kappa shape index (κ1) is 82.1. The molecular formula is C98H141N5O9. The fraction of sp³-hybridized carbons (Fsp3) is 0.847. The molecule has 0 aromatic carbocycles. The normalized spacial score (nSPS) is 49.2. The maximum Gasteiger partial charge on any atom is 0.226 e. The molecule has 3 N–H and O–H groups in total. The van der Waals surface area contributed by atoms with E-state index < -0.39 is 28.5 Å². The Kier molecular flexibility index (Phi) is 18.9. The number of rotatable bonds is 5. The largest absolute Gasteiger partial charge is 0.523 e. The van der Waals surface area contributed by atoms with Crippen molar-refractivity contribution in [2.45, 2.75) is 349 Å². The van der Waals surface area contributed by atoms with Gasteiger partial charge in [-0.05, 0) is 266 Å². The Balaban J connectivity index is 0.000000133. The second-order valence-electron chi connectivity index (χ2n) is 48.0. The van der Waals surface area contributed by atoms with Crippen LogP contribution in [-0.2, 0) is 35.8 Å². The molecule has 16 aliphatic rings. The molecule has 14 heteroatoms. The Hall–Kier alpha value is -4.99. The Labute approximate surface area is 673 Å². The lowest BCUT2D eigenvalue weighted by molar-refractivity contribution is -0.241. The number of ketones is 4. The first-order chi connectivity index (χ1) is 51.9. The Morgan fingerprint density at radius 1 is 0.491 bits per heavy atom. The van der Waals surface area contributed by atoms with E-state index in [1.807, 2.05) is 26.1 Å². The van der Waals surface area contributed by atoms with E-state index in [9.17, 15) is 45.0 Å². The number of allylic oxidation sites excluding steroid dienone is 4. The van der Waals surface area contributed by atoms with Gasteiger partial charge < -0.3 is 29.4 Å². The number of aliphatic hydroxyl groups is 3. The molecule has 13 fully saturated rings. The molecule has 3 unspecified atom stereocenters. The van der Waals surface area contributed by atoms with Crippen LogP contribution in [0.1, 0.15) is 330 Å². The third-order valence-electron chi connectivity index (χ3n) is 41.2. The van der Waals surface area contributed by atoms with Crippen LogP contribution in [-0.4, -0.2) is 68.5 Å². The third kappa shape index (κ3) is 10.9. The van der Waals surface area contributed by atoms with Gasteiger partial charge in [0, 0.05) is 75.1 Å². The van der Waals surface area contributed by atoms with Gasteiger partial charge in [-0.15, -0.1) is 0 Å². The molecule has 1 aromatic heterocycles. The van der Waals surface area contributed by atoms with Crippen molar-refractivity contribution in [1.82, 2.24) is 5.16 Å². The maximum atomic E-state index is 14.6. The lowest BCUT2D eigenvalue weighted by atomic mass is 9.31. The van der Waals surface area contributed by atoms with Crippen molar-refractivity contribution >= 4 is 23.1 Å². The highest BCUT2D eigenvalue weighted by molar-refractivity contribution is 6.02. The summed E-state index contributed by atoms with van der Waals surface area (Å²) in [6, 6.07) is 4.45. The highest BCUT2D eigenvalue weighted by Crippen LogP contribution is 2.82. The summed E-state index contributed by atoms with van der Waals surface area (Å²) in [4.78, 5) is 64.4. The monoisotopic (exact) mass is 1530 g/mol. The van der Waals surface area contributed by atoms with Crippen LogP contribution in [0, 0.1) is 199 Å². The fourth-order valence-corrected chi connectivity index (χ4v) is 34.7. The Bertz CT molecular complexity index is 4310. The average molecular weight is 1530 g/mol. The number of aliphatic hydroxyl groups excluding tert-OH is 3. The second kappa shape index (κ2) is 25.8. The zero-order valence-electron chi connectivity index (χ0n) is 72.8. The number of hydrogen-bond donors (Lipinski definition) is 3. The lowest BCUT2D eigenvalue weighted by Gasteiger charge is -2.73. The standard InChI is InChI=1S/C33H48N2O3.C33H46N2O3.C32H47NO3/c2*1-28(2)12-14-33(25(37)10-16-34)15-13-32(7)26(20(33)18-28)22(36)17-24-30(5)19-21(35-8)27(38)29(3,4)23(30)9-11-31(24,32)6;1-27(2)10-12-32(24-18-35-24)13-11-31(7)25(20(32)16-27)21(34)14-23-29(5)15-19-17-33-36-26(19)28(3,4)22(29)8-9-30(23,31)6/h20,23-26,37-38H,9-15,17-19H2,1-7H3;19-20,23-26,37H,9-15,17-18H2,1-7H3;17,20,22-25H,8-16,18H2,1-7H3/t2*20-,23-,24+,25?,26-,30-,31+,32+,33-;20-,22-,23+,24?,25-,29-,30+,31+,32-/m000/s1. The van der Waals surface area contributed by atoms with Crippen LogP contribution in [0.5, 0.6) is 0 Å². The number of carbonyl (C=O) groups is 4. The molecular weight excluding hydrogens is 1390 g/mol. The quantitative estimate of drug-likeness (QED) is 0.185. The van der Waals surface area contributed by atoms with Crippen LogP contribution in [0.25, 0.3) is 9.69 Å². The first-order valence-electron chi connectivity index (χ1n) is 44.6. The van der Waals surface area contributed by atoms with Crippen molar-refractivity contribution < 1.29 is 43.8 Å². The minimum atomic E-state index is -0.695. The zero-order chi connectivity index (χ0) is 81.7. The number of ether oxygens (including phenoxy) is 1. The summed E-state index contributed by atoms with van der Waals surface area (Å²) in [7, 11) is 0. The van der Waals surface area contributed by atoms with Crippen molar-refractivity contribution in [3.63, 3.8) is 0 Å². The van der Waals surface area contributed by atoms with E-state index >= 15 is 0 Å². The molecule has 0 radical (unpaired) electrons. The van der Waals surface area contributed by atoms with Crippen molar-refractivity contribution in [2.24, 2.45) is 163 Å². The molecule has 0 spiro atoms. The summed E-state index contributed by atoms with van der Waals surface area (Å²) in [5.74, 6) is 4.62. The molecule has 12 saturated carbocycles. The number of hydrogen-bond acceptors (Lipinski definition) is 12. The lowest BCUT2D eigenvalue weighted by Crippen LogP contribution is -2.69. The van der Waals surface area contributed by atoms with E-state index in [4.69, 9.17) is 22.4 Å². The van der Waals surface area contributed by atoms with Gasteiger partial charge in [-0.1, -0.05) is 157 Å². The van der Waals surface area contributed by atoms with Crippen LogP contribution in [0.2, 0.25) is 0 Å². The van der Waals surface area contributed by atoms with Crippen LogP contribution in [0.4, 0.5) is 0 Å². The van der Waals surface area contributed by atoms with Gasteiger partial charge in [-0.25, -0.2) is 9.69 Å². The van der Waals surface area contributed by atoms with Gasteiger partial charge in [-0.2, -0.15) is 10.5 Å². The SMILES string of the molecule is CC1(C)CC[C@]2(C3CO3)CC[C@]3(C)[C@H](C(=O)C[C@@H]4[C@@]5(C)Cc6cnoc6C(C)(C)[C@@H]5CC[C@]43C)[C@@H]2C1.[C-]#[N+]C1=C(O)C(C)(C)[C@@H]2CC[C@]3(C)[C@H](CC(=O)[C@@H]4[C@@H]5CC(C)(C)CC[C@]5(C(O)CC#N)CC[C@]43C)[C@@]2(C)C1.[C-]#[N+]C1=C[C@]2(C)[C@H]3CC(=O)[C@@H]4[C@@H]5CC(C)(C)CC[C@]5(C(O)CC#N)CC[C@@]4(C)[C@]3(C)CC[C@H]2C(C)(C)C1=O. The fourth-order valence-electron chi connectivity index (χ4n) is 34.7. The number of nitriles is 2. The van der Waals surface area contributed by atoms with Gasteiger partial charge >= 0.3 is 0 Å². The van der Waals surface area contributed by atoms with Crippen LogP contribution < -0.4 is 0 Å². The number of aromatic nitrogens is 1. The molecule has 1 aromatic rings. The van der Waals surface area contributed by atoms with Gasteiger partial charge in [0.15, 0.2) is 5.78 Å². The Morgan fingerprint density at radius 2 is 0.893 bits per heavy atom. The molecule has 1 aliphatic heterocycles. The third-order valence-corrected chi connectivity index (χ3v) is 41.2. The van der Waals surface area contributed by atoms with E-state index in [1.54, 1.807) is 0 Å². The predicted molar refractivity (Wildman–Crippen MR) is 433 cm³/mol. The molecule has 0 bridgehead atoms. The van der Waals surface area contributed by atoms with Crippen LogP contribution >= 0.6 is 0 Å². The highest BCUT2D eigenvalue weighted by atomic mass is 16.6. The number of carbonyl (C=O) groups excluding carboxylic acids is 4.